The lowest BCUT2D eigenvalue weighted by molar-refractivity contribution is -0.135. The molecule has 0 saturated carbocycles. The zero-order valence-corrected chi connectivity index (χ0v) is 26.1. The van der Waals surface area contributed by atoms with Crippen LogP contribution in [-0.2, 0) is 14.3 Å². The average molecular weight is 583 g/mol. The Labute approximate surface area is 249 Å². The van der Waals surface area contributed by atoms with Gasteiger partial charge in [-0.1, -0.05) is 47.6 Å². The number of aliphatic imine (C=N–C) groups is 1. The highest BCUT2D eigenvalue weighted by atomic mass is 19.1. The number of nitrogens with zero attached hydrogens (tertiary/aromatic N) is 2. The van der Waals surface area contributed by atoms with Gasteiger partial charge in [0.05, 0.1) is 11.8 Å². The molecule has 9 heteroatoms. The summed E-state index contributed by atoms with van der Waals surface area (Å²) in [5.41, 5.74) is 1.18. The van der Waals surface area contributed by atoms with Crippen molar-refractivity contribution < 1.29 is 23.5 Å². The minimum atomic E-state index is -0.526. The topological polar surface area (TPSA) is 92.3 Å². The van der Waals surface area contributed by atoms with Crippen LogP contribution in [0.5, 0.6) is 5.75 Å². The van der Waals surface area contributed by atoms with Crippen molar-refractivity contribution in [1.29, 1.82) is 0 Å². The summed E-state index contributed by atoms with van der Waals surface area (Å²) in [6, 6.07) is 9.84. The molecular formula is C33H47FN4O4. The Morgan fingerprint density at radius 1 is 1.02 bits per heavy atom. The fourth-order valence-corrected chi connectivity index (χ4v) is 4.39. The largest absolute Gasteiger partial charge is 0.491 e. The molecule has 0 fully saturated rings. The highest BCUT2D eigenvalue weighted by Gasteiger charge is 2.22. The van der Waals surface area contributed by atoms with Crippen LogP contribution in [0.1, 0.15) is 54.4 Å². The molecule has 2 aromatic rings. The third kappa shape index (κ3) is 10.9. The number of rotatable bonds is 16. The van der Waals surface area contributed by atoms with Gasteiger partial charge < -0.3 is 25.0 Å². The van der Waals surface area contributed by atoms with Gasteiger partial charge in [-0.15, -0.1) is 0 Å². The van der Waals surface area contributed by atoms with Crippen LogP contribution in [0, 0.1) is 23.6 Å². The molecule has 0 spiro atoms. The van der Waals surface area contributed by atoms with Gasteiger partial charge in [0, 0.05) is 43.9 Å². The molecule has 0 saturated heterocycles. The van der Waals surface area contributed by atoms with Gasteiger partial charge in [0.15, 0.2) is 0 Å². The van der Waals surface area contributed by atoms with Crippen LogP contribution in [0.4, 0.5) is 15.8 Å². The number of methoxy groups -OCH3 is 1. The number of carbonyl (C=O) groups is 2. The van der Waals surface area contributed by atoms with Crippen LogP contribution in [0.2, 0.25) is 0 Å². The Kier molecular flexibility index (Phi) is 14.2. The first-order valence-electron chi connectivity index (χ1n) is 14.6. The van der Waals surface area contributed by atoms with Gasteiger partial charge in [-0.05, 0) is 60.2 Å². The van der Waals surface area contributed by atoms with Crippen LogP contribution in [0.15, 0.2) is 41.4 Å². The van der Waals surface area contributed by atoms with Crippen LogP contribution in [0.3, 0.4) is 0 Å². The molecule has 2 N–H and O–H groups in total. The third-order valence-electron chi connectivity index (χ3n) is 7.00. The normalized spacial score (nSPS) is 13.5. The fraction of sp³-hybridized carbons (Fsp3) is 0.485. The summed E-state index contributed by atoms with van der Waals surface area (Å²) in [5, 5.41) is 6.57. The second-order valence-corrected chi connectivity index (χ2v) is 11.0. The van der Waals surface area contributed by atoms with E-state index in [0.717, 1.165) is 6.42 Å². The summed E-state index contributed by atoms with van der Waals surface area (Å²) in [7, 11) is 1.56. The number of benzene rings is 2. The Morgan fingerprint density at radius 3 is 2.21 bits per heavy atom. The van der Waals surface area contributed by atoms with E-state index >= 15 is 4.39 Å². The number of carbonyl (C=O) groups excluding carboxylic acids is 2. The van der Waals surface area contributed by atoms with Gasteiger partial charge in [0.25, 0.3) is 0 Å². The van der Waals surface area contributed by atoms with E-state index in [9.17, 15) is 9.59 Å². The Morgan fingerprint density at radius 2 is 1.67 bits per heavy atom. The lowest BCUT2D eigenvalue weighted by Crippen LogP contribution is -2.40. The predicted molar refractivity (Wildman–Crippen MR) is 169 cm³/mol. The molecule has 2 amide bonds. The molecule has 0 heterocycles. The van der Waals surface area contributed by atoms with E-state index in [4.69, 9.17) is 9.47 Å². The molecule has 230 valence electrons. The van der Waals surface area contributed by atoms with Crippen molar-refractivity contribution in [2.24, 2.45) is 22.7 Å². The molecule has 0 aliphatic carbocycles. The van der Waals surface area contributed by atoms with E-state index in [2.05, 4.69) is 56.8 Å². The van der Waals surface area contributed by atoms with Crippen molar-refractivity contribution in [3.05, 3.63) is 52.7 Å². The number of anilines is 2. The number of hydrogen-bond donors (Lipinski definition) is 2. The van der Waals surface area contributed by atoms with Gasteiger partial charge in [0.2, 0.25) is 11.8 Å². The van der Waals surface area contributed by atoms with E-state index in [0.29, 0.717) is 66.4 Å². The minimum absolute atomic E-state index is 0.174. The number of ether oxygens (including phenoxy) is 2. The Balaban J connectivity index is 2.13. The number of amides is 2. The summed E-state index contributed by atoms with van der Waals surface area (Å²) in [6.45, 7) is 18.3. The number of nitrogens with one attached hydrogen (secondary N) is 2. The molecular weight excluding hydrogens is 535 g/mol. The van der Waals surface area contributed by atoms with E-state index in [1.165, 1.54) is 6.07 Å². The number of hydrogen-bond acceptors (Lipinski definition) is 6. The molecule has 0 bridgehead atoms. The lowest BCUT2D eigenvalue weighted by Gasteiger charge is -2.30. The maximum absolute atomic E-state index is 15.1. The summed E-state index contributed by atoms with van der Waals surface area (Å²) < 4.78 is 25.6. The summed E-state index contributed by atoms with van der Waals surface area (Å²) in [5.74, 6) is 0.709. The van der Waals surface area contributed by atoms with Crippen LogP contribution in [-0.4, -0.2) is 56.3 Å². The molecule has 0 aliphatic rings. The van der Waals surface area contributed by atoms with Crippen molar-refractivity contribution in [3.63, 3.8) is 0 Å². The van der Waals surface area contributed by atoms with Crippen molar-refractivity contribution >= 4 is 41.8 Å². The standard InChI is InChI=1S/C33H47FN4O4/c1-9-23(5)25(7)21-38(20-22(3)4)31(40)19-30(39)36-26-11-13-27(14-12-26)37-33(35-10-2)32-24(6)17-28(18-29(32)34)42-16-15-41-8/h10-14,17-18,22-23,25,37H,6,9,15-16,19-21H2,1-5,7-8H3,(H,36,39)/b33-32-,35-10-. The zero-order chi connectivity index (χ0) is 31.2. The van der Waals surface area contributed by atoms with Crippen molar-refractivity contribution in [1.82, 2.24) is 4.90 Å². The van der Waals surface area contributed by atoms with Crippen LogP contribution >= 0.6 is 0 Å². The smallest absolute Gasteiger partial charge is 0.233 e. The van der Waals surface area contributed by atoms with Gasteiger partial charge in [-0.3, -0.25) is 9.59 Å². The van der Waals surface area contributed by atoms with Crippen molar-refractivity contribution in [2.75, 3.05) is 44.0 Å². The summed E-state index contributed by atoms with van der Waals surface area (Å²) in [6.07, 6.45) is 2.38. The fourth-order valence-electron chi connectivity index (χ4n) is 4.39. The van der Waals surface area contributed by atoms with E-state index in [1.54, 1.807) is 50.6 Å². The molecule has 2 aromatic carbocycles. The van der Waals surface area contributed by atoms with Gasteiger partial charge in [-0.25, -0.2) is 9.38 Å². The highest BCUT2D eigenvalue weighted by Crippen LogP contribution is 2.19. The summed E-state index contributed by atoms with van der Waals surface area (Å²) in [4.78, 5) is 31.9. The van der Waals surface area contributed by atoms with Gasteiger partial charge in [0.1, 0.15) is 30.4 Å². The van der Waals surface area contributed by atoms with Crippen molar-refractivity contribution in [2.45, 2.75) is 54.4 Å². The highest BCUT2D eigenvalue weighted by molar-refractivity contribution is 6.03. The molecule has 0 aromatic heterocycles. The van der Waals surface area contributed by atoms with Gasteiger partial charge in [-0.2, -0.15) is 0 Å². The maximum atomic E-state index is 15.1. The molecule has 2 rings (SSSR count). The maximum Gasteiger partial charge on any atom is 0.233 e. The van der Waals surface area contributed by atoms with E-state index in [1.807, 2.05) is 4.90 Å². The summed E-state index contributed by atoms with van der Waals surface area (Å²) >= 11 is 0. The molecule has 2 atom stereocenters. The molecule has 0 radical (unpaired) electrons. The SMILES string of the molecule is C=c1cc(OCCOC)cc(F)/c1=C(/N=C\C)Nc1ccc(NC(=O)CC(=O)N(CC(C)C)CC(C)C(C)CC)cc1. The molecule has 2 unspecified atom stereocenters. The average Bonchev–Trinajstić information content (AvgIpc) is 2.92. The first kappa shape index (κ1) is 34.5. The number of halogens is 1. The predicted octanol–water partition coefficient (Wildman–Crippen LogP) is 5.03. The van der Waals surface area contributed by atoms with E-state index in [-0.39, 0.29) is 29.3 Å². The van der Waals surface area contributed by atoms with Crippen molar-refractivity contribution in [3.8, 4) is 5.75 Å². The Hall–Kier alpha value is -3.72. The third-order valence-corrected chi connectivity index (χ3v) is 7.00. The van der Waals surface area contributed by atoms with Crippen LogP contribution in [0.25, 0.3) is 12.4 Å². The Bertz CT molecular complexity index is 1310. The monoisotopic (exact) mass is 582 g/mol. The van der Waals surface area contributed by atoms with E-state index < -0.39 is 5.82 Å². The van der Waals surface area contributed by atoms with Gasteiger partial charge >= 0.3 is 0 Å². The first-order chi connectivity index (χ1) is 20.0. The minimum Gasteiger partial charge on any atom is -0.491 e. The molecule has 0 aliphatic heterocycles. The quantitative estimate of drug-likeness (QED) is 0.165. The second kappa shape index (κ2) is 17.3. The van der Waals surface area contributed by atoms with Crippen LogP contribution < -0.4 is 25.8 Å². The molecule has 42 heavy (non-hydrogen) atoms. The molecule has 8 nitrogen and oxygen atoms in total. The second-order valence-electron chi connectivity index (χ2n) is 11.0. The lowest BCUT2D eigenvalue weighted by atomic mass is 9.93. The first-order valence-corrected chi connectivity index (χ1v) is 14.6. The zero-order valence-electron chi connectivity index (χ0n) is 26.1.